The van der Waals surface area contributed by atoms with Gasteiger partial charge >= 0.3 is 0 Å². The number of amidine groups is 1. The topological polar surface area (TPSA) is 51.1 Å². The molecule has 1 fully saturated rings. The van der Waals surface area contributed by atoms with Gasteiger partial charge in [0, 0.05) is 17.6 Å². The van der Waals surface area contributed by atoms with Crippen LogP contribution in [0.1, 0.15) is 19.4 Å². The maximum Gasteiger partial charge on any atom is 0.266 e. The molecule has 7 heteroatoms. The van der Waals surface area contributed by atoms with Gasteiger partial charge in [0.25, 0.3) is 5.91 Å². The molecule has 1 aliphatic rings. The summed E-state index contributed by atoms with van der Waals surface area (Å²) in [6.07, 6.45) is 7.06. The number of ether oxygens (including phenoxy) is 2. The number of rotatable bonds is 6. The van der Waals surface area contributed by atoms with E-state index < -0.39 is 0 Å². The van der Waals surface area contributed by atoms with Gasteiger partial charge in [-0.3, -0.25) is 14.7 Å². The lowest BCUT2D eigenvalue weighted by molar-refractivity contribution is -0.122. The van der Waals surface area contributed by atoms with Crippen LogP contribution in [0.5, 0.6) is 11.5 Å². The molecule has 1 aromatic rings. The molecule has 2 rings (SSSR count). The van der Waals surface area contributed by atoms with E-state index in [0.717, 1.165) is 15.2 Å². The fourth-order valence-electron chi connectivity index (χ4n) is 2.23. The average Bonchev–Trinajstić information content (AvgIpc) is 2.90. The number of aliphatic imine (C=N–C) groups is 1. The van der Waals surface area contributed by atoms with E-state index in [4.69, 9.17) is 15.9 Å². The number of likely N-dealkylation sites (N-methyl/N-ethyl adjacent to an activating group) is 1. The van der Waals surface area contributed by atoms with E-state index in [2.05, 4.69) is 26.8 Å². The predicted octanol–water partition coefficient (Wildman–Crippen LogP) is 3.78. The zero-order chi connectivity index (χ0) is 18.4. The molecule has 0 aromatic heterocycles. The first kappa shape index (κ1) is 19.4. The Kier molecular flexibility index (Phi) is 6.97. The van der Waals surface area contributed by atoms with Gasteiger partial charge in [-0.1, -0.05) is 21.9 Å². The zero-order valence-corrected chi connectivity index (χ0v) is 16.7. The van der Waals surface area contributed by atoms with Crippen LogP contribution in [0, 0.1) is 12.3 Å². The Hall–Kier alpha value is -1.91. The first-order valence-corrected chi connectivity index (χ1v) is 9.36. The summed E-state index contributed by atoms with van der Waals surface area (Å²) in [5, 5.41) is 0.735. The van der Waals surface area contributed by atoms with Crippen molar-refractivity contribution in [3.8, 4) is 23.8 Å². The van der Waals surface area contributed by atoms with Crippen molar-refractivity contribution in [2.24, 2.45) is 4.99 Å². The van der Waals surface area contributed by atoms with Crippen LogP contribution in [0.3, 0.4) is 0 Å². The highest BCUT2D eigenvalue weighted by atomic mass is 79.9. The number of halogens is 1. The second-order valence-corrected chi connectivity index (χ2v) is 6.80. The van der Waals surface area contributed by atoms with Crippen molar-refractivity contribution in [1.82, 2.24) is 4.90 Å². The van der Waals surface area contributed by atoms with Gasteiger partial charge in [0.1, 0.15) is 6.61 Å². The third-order valence-electron chi connectivity index (χ3n) is 3.38. The molecule has 1 heterocycles. The van der Waals surface area contributed by atoms with Crippen LogP contribution in [-0.2, 0) is 4.79 Å². The number of methoxy groups -OCH3 is 1. The summed E-state index contributed by atoms with van der Waals surface area (Å²) in [6, 6.07) is 3.59. The van der Waals surface area contributed by atoms with Gasteiger partial charge in [-0.15, -0.1) is 6.42 Å². The van der Waals surface area contributed by atoms with Crippen molar-refractivity contribution < 1.29 is 14.3 Å². The first-order valence-electron chi connectivity index (χ1n) is 7.75. The number of thioether (sulfide) groups is 1. The highest BCUT2D eigenvalue weighted by Crippen LogP contribution is 2.38. The average molecular weight is 423 g/mol. The molecule has 132 valence electrons. The standard InChI is InChI=1S/C18H19BrN2O3S/c1-5-8-24-15-11-13(19)12(9-14(15)23-4)10-16-17(22)21(7-3)18(25-16)20-6-2/h1,9-11H,6-8H2,2-4H3/b16-10+,20-18?. The van der Waals surface area contributed by atoms with Crippen LogP contribution in [0.4, 0.5) is 0 Å². The third kappa shape index (κ3) is 4.39. The Labute approximate surface area is 160 Å². The number of hydrogen-bond acceptors (Lipinski definition) is 5. The molecule has 5 nitrogen and oxygen atoms in total. The molecule has 1 saturated heterocycles. The molecule has 0 saturated carbocycles. The molecule has 1 aromatic carbocycles. The molecule has 0 N–H and O–H groups in total. The lowest BCUT2D eigenvalue weighted by Crippen LogP contribution is -2.28. The normalized spacial score (nSPS) is 17.2. The Morgan fingerprint density at radius 2 is 2.16 bits per heavy atom. The van der Waals surface area contributed by atoms with Crippen LogP contribution < -0.4 is 9.47 Å². The minimum absolute atomic E-state index is 0.0433. The molecule has 0 aliphatic carbocycles. The van der Waals surface area contributed by atoms with Crippen molar-refractivity contribution >= 4 is 44.8 Å². The summed E-state index contributed by atoms with van der Waals surface area (Å²) < 4.78 is 11.6. The molecule has 1 aliphatic heterocycles. The van der Waals surface area contributed by atoms with E-state index in [1.165, 1.54) is 11.8 Å². The fourth-order valence-corrected chi connectivity index (χ4v) is 3.77. The zero-order valence-electron chi connectivity index (χ0n) is 14.3. The van der Waals surface area contributed by atoms with Crippen molar-refractivity contribution in [1.29, 1.82) is 0 Å². The number of benzene rings is 1. The van der Waals surface area contributed by atoms with Crippen LogP contribution in [0.15, 0.2) is 26.5 Å². The second-order valence-electron chi connectivity index (χ2n) is 4.93. The predicted molar refractivity (Wildman–Crippen MR) is 106 cm³/mol. The van der Waals surface area contributed by atoms with Crippen molar-refractivity contribution in [2.45, 2.75) is 13.8 Å². The number of hydrogen-bond donors (Lipinski definition) is 0. The Balaban J connectivity index is 2.39. The molecule has 1 amide bonds. The SMILES string of the molecule is C#CCOc1cc(Br)c(/C=C2/SC(=NCC)N(CC)C2=O)cc1OC. The number of amides is 1. The maximum atomic E-state index is 12.6. The van der Waals surface area contributed by atoms with Crippen molar-refractivity contribution in [3.05, 3.63) is 27.1 Å². The van der Waals surface area contributed by atoms with Crippen molar-refractivity contribution in [3.63, 3.8) is 0 Å². The summed E-state index contributed by atoms with van der Waals surface area (Å²) in [5.41, 5.74) is 0.814. The highest BCUT2D eigenvalue weighted by Gasteiger charge is 2.32. The van der Waals surface area contributed by atoms with Crippen LogP contribution >= 0.6 is 27.7 Å². The fraction of sp³-hybridized carbons (Fsp3) is 0.333. The lowest BCUT2D eigenvalue weighted by atomic mass is 10.2. The van der Waals surface area contributed by atoms with E-state index >= 15 is 0 Å². The summed E-state index contributed by atoms with van der Waals surface area (Å²) in [4.78, 5) is 19.2. The van der Waals surface area contributed by atoms with Crippen LogP contribution in [0.25, 0.3) is 6.08 Å². The quantitative estimate of drug-likeness (QED) is 0.516. The van der Waals surface area contributed by atoms with Crippen LogP contribution in [-0.4, -0.2) is 42.8 Å². The van der Waals surface area contributed by atoms with Gasteiger partial charge in [-0.25, -0.2) is 0 Å². The molecule has 25 heavy (non-hydrogen) atoms. The summed E-state index contributed by atoms with van der Waals surface area (Å²) in [6.45, 7) is 5.26. The Morgan fingerprint density at radius 1 is 1.40 bits per heavy atom. The molecular weight excluding hydrogens is 404 g/mol. The van der Waals surface area contributed by atoms with Gasteiger partial charge in [-0.2, -0.15) is 0 Å². The summed E-state index contributed by atoms with van der Waals surface area (Å²) >= 11 is 4.89. The second kappa shape index (κ2) is 8.97. The molecule has 0 bridgehead atoms. The molecule has 0 radical (unpaired) electrons. The number of carbonyl (C=O) groups is 1. The number of nitrogens with zero attached hydrogens (tertiary/aromatic N) is 2. The maximum absolute atomic E-state index is 12.6. The summed E-state index contributed by atoms with van der Waals surface area (Å²) in [7, 11) is 1.56. The van der Waals surface area contributed by atoms with E-state index in [1.807, 2.05) is 26.0 Å². The molecular formula is C18H19BrN2O3S. The van der Waals surface area contributed by atoms with Gasteiger partial charge in [0.2, 0.25) is 0 Å². The lowest BCUT2D eigenvalue weighted by Gasteiger charge is -2.12. The van der Waals surface area contributed by atoms with Gasteiger partial charge in [0.15, 0.2) is 16.7 Å². The Bertz CT molecular complexity index is 768. The van der Waals surface area contributed by atoms with E-state index in [0.29, 0.717) is 29.5 Å². The summed E-state index contributed by atoms with van der Waals surface area (Å²) in [5.74, 6) is 3.48. The molecule has 0 spiro atoms. The smallest absolute Gasteiger partial charge is 0.266 e. The van der Waals surface area contributed by atoms with Gasteiger partial charge in [0.05, 0.1) is 12.0 Å². The van der Waals surface area contributed by atoms with Gasteiger partial charge < -0.3 is 9.47 Å². The number of terminal acetylenes is 1. The molecule has 0 unspecified atom stereocenters. The minimum Gasteiger partial charge on any atom is -0.493 e. The van der Waals surface area contributed by atoms with E-state index in [-0.39, 0.29) is 12.5 Å². The van der Waals surface area contributed by atoms with Gasteiger partial charge in [-0.05, 0) is 49.4 Å². The van der Waals surface area contributed by atoms with E-state index in [1.54, 1.807) is 18.1 Å². The monoisotopic (exact) mass is 422 g/mol. The van der Waals surface area contributed by atoms with E-state index in [9.17, 15) is 4.79 Å². The minimum atomic E-state index is -0.0433. The van der Waals surface area contributed by atoms with Crippen molar-refractivity contribution in [2.75, 3.05) is 26.8 Å². The highest BCUT2D eigenvalue weighted by molar-refractivity contribution is 9.10. The third-order valence-corrected chi connectivity index (χ3v) is 5.11. The first-order chi connectivity index (χ1) is 12.0. The largest absolute Gasteiger partial charge is 0.493 e. The molecule has 0 atom stereocenters. The Morgan fingerprint density at radius 3 is 2.76 bits per heavy atom. The number of carbonyl (C=O) groups excluding carboxylic acids is 1. The van der Waals surface area contributed by atoms with Crippen LogP contribution in [0.2, 0.25) is 0 Å².